The minimum Gasteiger partial charge on any atom is -0.350 e. The number of nitrogens with one attached hydrogen (secondary N) is 1. The van der Waals surface area contributed by atoms with Crippen molar-refractivity contribution in [1.82, 2.24) is 24.4 Å². The molecule has 0 aliphatic carbocycles. The van der Waals surface area contributed by atoms with Crippen molar-refractivity contribution in [1.29, 1.82) is 0 Å². The maximum absolute atomic E-state index is 12.8. The quantitative estimate of drug-likeness (QED) is 0.491. The van der Waals surface area contributed by atoms with Gasteiger partial charge in [0.25, 0.3) is 0 Å². The molecule has 0 bridgehead atoms. The van der Waals surface area contributed by atoms with Gasteiger partial charge in [0.05, 0.1) is 12.1 Å². The molecule has 4 rings (SSSR count). The molecular formula is C22H19N5O3. The first-order chi connectivity index (χ1) is 14.6. The fraction of sp³-hybridized carbons (Fsp3) is 0.136. The summed E-state index contributed by atoms with van der Waals surface area (Å²) in [6, 6.07) is 16.3. The standard InChI is InChI=1S/C22H19N5O3/c28-19(25-13-16-5-2-1-3-6-16)15-26-18-7-4-10-24-20(18)27(22(30)21(26)29)14-17-8-11-23-12-9-17/h1-12H,13-15H2,(H,25,28). The molecule has 1 amide bonds. The van der Waals surface area contributed by atoms with Gasteiger partial charge in [0.15, 0.2) is 5.65 Å². The fourth-order valence-corrected chi connectivity index (χ4v) is 3.21. The molecule has 8 heteroatoms. The van der Waals surface area contributed by atoms with Crippen molar-refractivity contribution in [3.63, 3.8) is 0 Å². The summed E-state index contributed by atoms with van der Waals surface area (Å²) in [6.07, 6.45) is 4.79. The largest absolute Gasteiger partial charge is 0.350 e. The van der Waals surface area contributed by atoms with Gasteiger partial charge in [-0.25, -0.2) is 4.98 Å². The predicted molar refractivity (Wildman–Crippen MR) is 112 cm³/mol. The summed E-state index contributed by atoms with van der Waals surface area (Å²) in [5.74, 6) is -0.364. The van der Waals surface area contributed by atoms with Gasteiger partial charge < -0.3 is 5.32 Å². The number of carbonyl (C=O) groups is 1. The van der Waals surface area contributed by atoms with E-state index in [0.717, 1.165) is 11.1 Å². The Morgan fingerprint density at radius 2 is 1.57 bits per heavy atom. The van der Waals surface area contributed by atoms with Crippen LogP contribution in [-0.4, -0.2) is 25.0 Å². The summed E-state index contributed by atoms with van der Waals surface area (Å²) in [6.45, 7) is 0.258. The summed E-state index contributed by atoms with van der Waals surface area (Å²) < 4.78 is 2.50. The first-order valence-electron chi connectivity index (χ1n) is 9.41. The summed E-state index contributed by atoms with van der Waals surface area (Å²) >= 11 is 0. The number of pyridine rings is 2. The van der Waals surface area contributed by atoms with Gasteiger partial charge in [-0.05, 0) is 35.4 Å². The molecule has 1 N–H and O–H groups in total. The van der Waals surface area contributed by atoms with Crippen molar-refractivity contribution in [3.8, 4) is 0 Å². The number of hydrogen-bond acceptors (Lipinski definition) is 5. The summed E-state index contributed by atoms with van der Waals surface area (Å²) in [5.41, 5.74) is 1.03. The highest BCUT2D eigenvalue weighted by molar-refractivity contribution is 5.78. The fourth-order valence-electron chi connectivity index (χ4n) is 3.21. The Labute approximate surface area is 171 Å². The zero-order chi connectivity index (χ0) is 20.9. The number of carbonyl (C=O) groups excluding carboxylic acids is 1. The van der Waals surface area contributed by atoms with Crippen LogP contribution < -0.4 is 16.4 Å². The van der Waals surface area contributed by atoms with Crippen LogP contribution in [0.1, 0.15) is 11.1 Å². The zero-order valence-electron chi connectivity index (χ0n) is 16.1. The molecular weight excluding hydrogens is 382 g/mol. The Balaban J connectivity index is 1.67. The van der Waals surface area contributed by atoms with Crippen LogP contribution in [0.25, 0.3) is 11.2 Å². The highest BCUT2D eigenvalue weighted by atomic mass is 16.2. The van der Waals surface area contributed by atoms with E-state index < -0.39 is 11.1 Å². The van der Waals surface area contributed by atoms with E-state index in [2.05, 4.69) is 15.3 Å². The van der Waals surface area contributed by atoms with Gasteiger partial charge in [0, 0.05) is 25.1 Å². The second-order valence-electron chi connectivity index (χ2n) is 6.75. The average Bonchev–Trinajstić information content (AvgIpc) is 2.79. The van der Waals surface area contributed by atoms with E-state index >= 15 is 0 Å². The van der Waals surface area contributed by atoms with E-state index in [9.17, 15) is 14.4 Å². The molecule has 0 saturated carbocycles. The number of benzene rings is 1. The minimum atomic E-state index is -0.764. The Morgan fingerprint density at radius 1 is 0.833 bits per heavy atom. The van der Waals surface area contributed by atoms with Gasteiger partial charge in [-0.3, -0.25) is 28.5 Å². The number of fused-ring (bicyclic) bond motifs is 1. The molecule has 0 fully saturated rings. The molecule has 3 heterocycles. The molecule has 0 spiro atoms. The lowest BCUT2D eigenvalue weighted by Gasteiger charge is -2.14. The van der Waals surface area contributed by atoms with Crippen LogP contribution in [-0.2, 0) is 24.4 Å². The van der Waals surface area contributed by atoms with E-state index in [-0.39, 0.29) is 19.0 Å². The summed E-state index contributed by atoms with van der Waals surface area (Å²) in [7, 11) is 0. The Kier molecular flexibility index (Phi) is 5.47. The first-order valence-corrected chi connectivity index (χ1v) is 9.41. The van der Waals surface area contributed by atoms with Crippen molar-refractivity contribution < 1.29 is 4.79 Å². The Bertz CT molecular complexity index is 1300. The average molecular weight is 401 g/mol. The lowest BCUT2D eigenvalue weighted by molar-refractivity contribution is -0.121. The number of amides is 1. The van der Waals surface area contributed by atoms with Gasteiger partial charge in [-0.1, -0.05) is 30.3 Å². The van der Waals surface area contributed by atoms with E-state index in [0.29, 0.717) is 17.7 Å². The van der Waals surface area contributed by atoms with Gasteiger partial charge in [-0.2, -0.15) is 0 Å². The number of nitrogens with zero attached hydrogens (tertiary/aromatic N) is 4. The van der Waals surface area contributed by atoms with Crippen LogP contribution in [0, 0.1) is 0 Å². The van der Waals surface area contributed by atoms with Gasteiger partial charge >= 0.3 is 11.1 Å². The summed E-state index contributed by atoms with van der Waals surface area (Å²) in [5, 5.41) is 2.78. The Hall–Kier alpha value is -4.07. The molecule has 30 heavy (non-hydrogen) atoms. The third-order valence-corrected chi connectivity index (χ3v) is 4.71. The maximum atomic E-state index is 12.8. The molecule has 0 aliphatic rings. The first kappa shape index (κ1) is 19.3. The van der Waals surface area contributed by atoms with Gasteiger partial charge in [0.1, 0.15) is 6.54 Å². The van der Waals surface area contributed by atoms with Crippen molar-refractivity contribution in [2.75, 3.05) is 0 Å². The second-order valence-corrected chi connectivity index (χ2v) is 6.75. The van der Waals surface area contributed by atoms with Crippen molar-refractivity contribution in [3.05, 3.63) is 105 Å². The smallest absolute Gasteiger partial charge is 0.318 e. The van der Waals surface area contributed by atoms with E-state index in [1.54, 1.807) is 42.9 Å². The lowest BCUT2D eigenvalue weighted by atomic mass is 10.2. The normalized spacial score (nSPS) is 10.8. The van der Waals surface area contributed by atoms with Crippen LogP contribution in [0.2, 0.25) is 0 Å². The van der Waals surface area contributed by atoms with Crippen LogP contribution >= 0.6 is 0 Å². The highest BCUT2D eigenvalue weighted by Gasteiger charge is 2.16. The van der Waals surface area contributed by atoms with Gasteiger partial charge in [0.2, 0.25) is 5.91 Å². The molecule has 0 saturated heterocycles. The van der Waals surface area contributed by atoms with Crippen LogP contribution in [0.5, 0.6) is 0 Å². The van der Waals surface area contributed by atoms with Crippen molar-refractivity contribution in [2.45, 2.75) is 19.6 Å². The number of rotatable bonds is 6. The lowest BCUT2D eigenvalue weighted by Crippen LogP contribution is -2.44. The maximum Gasteiger partial charge on any atom is 0.318 e. The van der Waals surface area contributed by atoms with Gasteiger partial charge in [-0.15, -0.1) is 0 Å². The summed E-state index contributed by atoms with van der Waals surface area (Å²) in [4.78, 5) is 46.3. The van der Waals surface area contributed by atoms with Crippen LogP contribution in [0.4, 0.5) is 0 Å². The van der Waals surface area contributed by atoms with Crippen molar-refractivity contribution in [2.24, 2.45) is 0 Å². The Morgan fingerprint density at radius 3 is 2.33 bits per heavy atom. The molecule has 8 nitrogen and oxygen atoms in total. The highest BCUT2D eigenvalue weighted by Crippen LogP contribution is 2.09. The number of aromatic nitrogens is 4. The second kappa shape index (κ2) is 8.52. The molecule has 1 aromatic carbocycles. The SMILES string of the molecule is O=C(Cn1c(=O)c(=O)n(Cc2ccncc2)c2ncccc21)NCc1ccccc1. The predicted octanol–water partition coefficient (Wildman–Crippen LogP) is 1.32. The van der Waals surface area contributed by atoms with Crippen LogP contribution in [0.3, 0.4) is 0 Å². The molecule has 0 unspecified atom stereocenters. The zero-order valence-corrected chi connectivity index (χ0v) is 16.1. The monoisotopic (exact) mass is 401 g/mol. The third-order valence-electron chi connectivity index (χ3n) is 4.71. The molecule has 3 aromatic heterocycles. The molecule has 0 radical (unpaired) electrons. The minimum absolute atomic E-state index is 0.186. The molecule has 0 aliphatic heterocycles. The molecule has 150 valence electrons. The third kappa shape index (κ3) is 4.02. The number of hydrogen-bond donors (Lipinski definition) is 1. The van der Waals surface area contributed by atoms with E-state index in [1.807, 2.05) is 30.3 Å². The van der Waals surface area contributed by atoms with Crippen LogP contribution in [0.15, 0.2) is 82.8 Å². The van der Waals surface area contributed by atoms with E-state index in [1.165, 1.54) is 9.13 Å². The topological polar surface area (TPSA) is 98.9 Å². The van der Waals surface area contributed by atoms with E-state index in [4.69, 9.17) is 0 Å². The molecule has 4 aromatic rings. The van der Waals surface area contributed by atoms with Crippen molar-refractivity contribution >= 4 is 17.1 Å². The molecule has 0 atom stereocenters.